The van der Waals surface area contributed by atoms with Gasteiger partial charge in [-0.3, -0.25) is 9.59 Å². The predicted molar refractivity (Wildman–Crippen MR) is 112 cm³/mol. The van der Waals surface area contributed by atoms with Crippen molar-refractivity contribution < 1.29 is 17.9 Å². The lowest BCUT2D eigenvalue weighted by Gasteiger charge is -2.11. The summed E-state index contributed by atoms with van der Waals surface area (Å²) in [6.45, 7) is 1.27. The van der Waals surface area contributed by atoms with E-state index in [2.05, 4.69) is 10.4 Å². The summed E-state index contributed by atoms with van der Waals surface area (Å²) >= 11 is 5.94. The molecule has 0 unspecified atom stereocenters. The minimum absolute atomic E-state index is 0.0494. The Morgan fingerprint density at radius 2 is 1.93 bits per heavy atom. The first kappa shape index (κ1) is 21.5. The second-order valence-electron chi connectivity index (χ2n) is 6.38. The SMILES string of the molecule is COc1ccc(Cl)cc1NC(=O)Cn1nc(S(=O)(=O)c2cccc(C)c2)ccc1=O. The van der Waals surface area contributed by atoms with Gasteiger partial charge in [-0.15, -0.1) is 0 Å². The molecule has 8 nitrogen and oxygen atoms in total. The molecule has 0 radical (unpaired) electrons. The van der Waals surface area contributed by atoms with Crippen molar-refractivity contribution in [3.8, 4) is 5.75 Å². The van der Waals surface area contributed by atoms with Crippen LogP contribution >= 0.6 is 11.6 Å². The highest BCUT2D eigenvalue weighted by Gasteiger charge is 2.21. The number of rotatable bonds is 6. The Morgan fingerprint density at radius 3 is 2.63 bits per heavy atom. The lowest BCUT2D eigenvalue weighted by atomic mass is 10.2. The van der Waals surface area contributed by atoms with Crippen LogP contribution in [0.5, 0.6) is 5.75 Å². The van der Waals surface area contributed by atoms with Gasteiger partial charge in [0.15, 0.2) is 5.03 Å². The van der Waals surface area contributed by atoms with Crippen molar-refractivity contribution in [2.24, 2.45) is 0 Å². The molecule has 1 N–H and O–H groups in total. The highest BCUT2D eigenvalue weighted by atomic mass is 35.5. The molecule has 0 fully saturated rings. The molecule has 0 aliphatic rings. The van der Waals surface area contributed by atoms with Crippen LogP contribution in [-0.4, -0.2) is 31.2 Å². The molecule has 156 valence electrons. The number of hydrogen-bond acceptors (Lipinski definition) is 6. The number of hydrogen-bond donors (Lipinski definition) is 1. The van der Waals surface area contributed by atoms with Gasteiger partial charge in [0, 0.05) is 11.1 Å². The fraction of sp³-hybridized carbons (Fsp3) is 0.150. The van der Waals surface area contributed by atoms with Gasteiger partial charge in [-0.1, -0.05) is 23.7 Å². The molecular weight excluding hydrogens is 430 g/mol. The largest absolute Gasteiger partial charge is 0.495 e. The van der Waals surface area contributed by atoms with Crippen LogP contribution in [0, 0.1) is 6.92 Å². The van der Waals surface area contributed by atoms with E-state index in [0.717, 1.165) is 22.4 Å². The second kappa shape index (κ2) is 8.68. The van der Waals surface area contributed by atoms with Crippen LogP contribution in [-0.2, 0) is 21.2 Å². The van der Waals surface area contributed by atoms with Gasteiger partial charge in [0.05, 0.1) is 17.7 Å². The van der Waals surface area contributed by atoms with E-state index in [4.69, 9.17) is 16.3 Å². The Morgan fingerprint density at radius 1 is 1.17 bits per heavy atom. The van der Waals surface area contributed by atoms with Gasteiger partial charge in [0.2, 0.25) is 15.7 Å². The zero-order valence-corrected chi connectivity index (χ0v) is 17.7. The Labute approximate surface area is 178 Å². The van der Waals surface area contributed by atoms with Crippen molar-refractivity contribution in [1.29, 1.82) is 0 Å². The first-order valence-corrected chi connectivity index (χ1v) is 10.6. The van der Waals surface area contributed by atoms with Crippen LogP contribution in [0.2, 0.25) is 5.02 Å². The average Bonchev–Trinajstić information content (AvgIpc) is 2.69. The number of sulfone groups is 1. The third-order valence-electron chi connectivity index (χ3n) is 4.15. The number of nitrogens with zero attached hydrogens (tertiary/aromatic N) is 2. The van der Waals surface area contributed by atoms with Gasteiger partial charge >= 0.3 is 0 Å². The summed E-state index contributed by atoms with van der Waals surface area (Å²) in [6, 6.07) is 13.2. The standard InChI is InChI=1S/C20H18ClN3O5S/c1-13-4-3-5-15(10-13)30(27,28)19-8-9-20(26)24(23-19)12-18(25)22-16-11-14(21)6-7-17(16)29-2/h3-11H,12H2,1-2H3,(H,22,25). The van der Waals surface area contributed by atoms with E-state index >= 15 is 0 Å². The molecule has 1 aromatic heterocycles. The van der Waals surface area contributed by atoms with Gasteiger partial charge in [0.1, 0.15) is 12.3 Å². The second-order valence-corrected chi connectivity index (χ2v) is 8.71. The number of methoxy groups -OCH3 is 1. The zero-order chi connectivity index (χ0) is 21.9. The maximum atomic E-state index is 12.8. The molecule has 0 saturated carbocycles. The van der Waals surface area contributed by atoms with Crippen molar-refractivity contribution in [2.75, 3.05) is 12.4 Å². The number of nitrogens with one attached hydrogen (secondary N) is 1. The molecule has 0 aliphatic heterocycles. The van der Waals surface area contributed by atoms with Crippen LogP contribution in [0.15, 0.2) is 69.3 Å². The molecule has 0 bridgehead atoms. The summed E-state index contributed by atoms with van der Waals surface area (Å²) in [5.74, 6) is -0.223. The fourth-order valence-electron chi connectivity index (χ4n) is 2.69. The molecule has 3 aromatic rings. The van der Waals surface area contributed by atoms with Crippen molar-refractivity contribution in [2.45, 2.75) is 23.4 Å². The number of aromatic nitrogens is 2. The van der Waals surface area contributed by atoms with E-state index in [1.165, 1.54) is 25.3 Å². The van der Waals surface area contributed by atoms with E-state index in [0.29, 0.717) is 16.5 Å². The zero-order valence-electron chi connectivity index (χ0n) is 16.1. The number of amides is 1. The smallest absolute Gasteiger partial charge is 0.267 e. The first-order chi connectivity index (χ1) is 14.2. The summed E-state index contributed by atoms with van der Waals surface area (Å²) in [7, 11) is -2.52. The van der Waals surface area contributed by atoms with Crippen LogP contribution in [0.1, 0.15) is 5.56 Å². The molecule has 0 saturated heterocycles. The predicted octanol–water partition coefficient (Wildman–Crippen LogP) is 2.69. The quantitative estimate of drug-likeness (QED) is 0.622. The van der Waals surface area contributed by atoms with Gasteiger partial charge < -0.3 is 10.1 Å². The monoisotopic (exact) mass is 447 g/mol. The van der Waals surface area contributed by atoms with Crippen LogP contribution < -0.4 is 15.6 Å². The molecule has 0 spiro atoms. The third-order valence-corrected chi connectivity index (χ3v) is 6.02. The minimum Gasteiger partial charge on any atom is -0.495 e. The topological polar surface area (TPSA) is 107 Å². The number of carbonyl (C=O) groups is 1. The first-order valence-electron chi connectivity index (χ1n) is 8.74. The molecule has 0 atom stereocenters. The van der Waals surface area contributed by atoms with E-state index in [-0.39, 0.29) is 9.92 Å². The Kier molecular flexibility index (Phi) is 6.23. The number of benzene rings is 2. The van der Waals surface area contributed by atoms with E-state index in [1.807, 2.05) is 0 Å². The molecule has 0 aliphatic carbocycles. The Bertz CT molecular complexity index is 1270. The van der Waals surface area contributed by atoms with Crippen LogP contribution in [0.3, 0.4) is 0 Å². The minimum atomic E-state index is -3.95. The number of ether oxygens (including phenoxy) is 1. The molecule has 1 amide bonds. The van der Waals surface area contributed by atoms with Gasteiger partial charge in [-0.25, -0.2) is 13.1 Å². The van der Waals surface area contributed by atoms with E-state index in [1.54, 1.807) is 31.2 Å². The van der Waals surface area contributed by atoms with Gasteiger partial charge in [-0.05, 0) is 48.9 Å². The number of carbonyl (C=O) groups excluding carboxylic acids is 1. The molecular formula is C20H18ClN3O5S. The number of aryl methyl sites for hydroxylation is 1. The molecule has 10 heteroatoms. The number of halogens is 1. The third kappa shape index (κ3) is 4.69. The van der Waals surface area contributed by atoms with Crippen molar-refractivity contribution in [3.05, 3.63) is 75.5 Å². The summed E-state index contributed by atoms with van der Waals surface area (Å²) in [4.78, 5) is 24.6. The highest BCUT2D eigenvalue weighted by molar-refractivity contribution is 7.91. The molecule has 30 heavy (non-hydrogen) atoms. The normalized spacial score (nSPS) is 11.2. The van der Waals surface area contributed by atoms with E-state index in [9.17, 15) is 18.0 Å². The fourth-order valence-corrected chi connectivity index (χ4v) is 4.16. The maximum absolute atomic E-state index is 12.8. The van der Waals surface area contributed by atoms with Crippen molar-refractivity contribution >= 4 is 33.0 Å². The van der Waals surface area contributed by atoms with Crippen LogP contribution in [0.25, 0.3) is 0 Å². The summed E-state index contributed by atoms with van der Waals surface area (Å²) in [5, 5.41) is 6.52. The molecule has 2 aromatic carbocycles. The van der Waals surface area contributed by atoms with Crippen LogP contribution in [0.4, 0.5) is 5.69 Å². The summed E-state index contributed by atoms with van der Waals surface area (Å²) in [5.41, 5.74) is 0.456. The maximum Gasteiger partial charge on any atom is 0.267 e. The van der Waals surface area contributed by atoms with E-state index < -0.39 is 27.8 Å². The van der Waals surface area contributed by atoms with Gasteiger partial charge in [-0.2, -0.15) is 5.10 Å². The summed E-state index contributed by atoms with van der Waals surface area (Å²) in [6.07, 6.45) is 0. The average molecular weight is 448 g/mol. The Hall–Kier alpha value is -3.17. The lowest BCUT2D eigenvalue weighted by molar-refractivity contribution is -0.117. The van der Waals surface area contributed by atoms with Crippen molar-refractivity contribution in [1.82, 2.24) is 9.78 Å². The Balaban J connectivity index is 1.88. The summed E-state index contributed by atoms with van der Waals surface area (Å²) < 4.78 is 31.6. The lowest BCUT2D eigenvalue weighted by Crippen LogP contribution is -2.30. The molecule has 1 heterocycles. The molecule has 3 rings (SSSR count). The number of anilines is 1. The highest BCUT2D eigenvalue weighted by Crippen LogP contribution is 2.27. The van der Waals surface area contributed by atoms with Crippen molar-refractivity contribution in [3.63, 3.8) is 0 Å². The van der Waals surface area contributed by atoms with Gasteiger partial charge in [0.25, 0.3) is 5.56 Å².